The topological polar surface area (TPSA) is 217 Å². The van der Waals surface area contributed by atoms with Gasteiger partial charge in [-0.1, -0.05) is 0 Å². The molecule has 3 aromatic rings. The molecule has 2 aromatic carbocycles. The van der Waals surface area contributed by atoms with E-state index >= 15 is 0 Å². The number of aromatic amines is 1. The quantitative estimate of drug-likeness (QED) is 0.166. The SMILES string of the molecule is O=C([O-])c1[nH]n(-c2ccc(S(=O)(=O)[O-])cc2)c(=O)c1N=Nc1ccc(S(=O)(=O)[O-])cc1.[Na+].[Na+].[Na+].[Ti+2]. The van der Waals surface area contributed by atoms with Gasteiger partial charge in [0.05, 0.1) is 27.1 Å². The Morgan fingerprint density at radius 3 is 1.63 bits per heavy atom. The standard InChI is InChI=1S/C16H12N4O9S2.3Na.Ti/c21-15-13(18-17-9-1-5-11(6-2-9)30(24,25)26)14(16(22)23)19-20(15)10-3-7-12(8-4-10)31(27,28)29;;;;/h1-8,19H,(H,22,23)(H,24,25,26)(H,27,28,29);;;;/q;3*+1;+2/p-3. The molecule has 164 valence electrons. The molecule has 0 spiro atoms. The Kier molecular flexibility index (Phi) is 15.8. The molecule has 1 heterocycles. The summed E-state index contributed by atoms with van der Waals surface area (Å²) in [7, 11) is -9.40. The first-order valence-electron chi connectivity index (χ1n) is 7.98. The van der Waals surface area contributed by atoms with Gasteiger partial charge in [-0.05, 0) is 48.5 Å². The van der Waals surface area contributed by atoms with Crippen LogP contribution < -0.4 is 99.3 Å². The molecule has 1 aromatic heterocycles. The van der Waals surface area contributed by atoms with Gasteiger partial charge in [0.1, 0.15) is 25.9 Å². The van der Waals surface area contributed by atoms with Crippen molar-refractivity contribution < 1.29 is 146 Å². The molecular weight excluding hydrogens is 573 g/mol. The van der Waals surface area contributed by atoms with Crippen molar-refractivity contribution in [2.45, 2.75) is 9.79 Å². The van der Waals surface area contributed by atoms with Crippen LogP contribution in [0.2, 0.25) is 0 Å². The molecule has 0 saturated heterocycles. The number of hydrogen-bond donors (Lipinski definition) is 1. The zero-order valence-electron chi connectivity index (χ0n) is 18.5. The van der Waals surface area contributed by atoms with Gasteiger partial charge in [0, 0.05) is 0 Å². The number of nitrogens with zero attached hydrogens (tertiary/aromatic N) is 3. The fourth-order valence-electron chi connectivity index (χ4n) is 2.39. The molecule has 0 amide bonds. The number of azo groups is 1. The van der Waals surface area contributed by atoms with Crippen LogP contribution in [0.4, 0.5) is 11.4 Å². The molecule has 0 aliphatic heterocycles. The molecular formula is C16H9N4Na3O9S2Ti+2. The van der Waals surface area contributed by atoms with E-state index in [2.05, 4.69) is 15.3 Å². The van der Waals surface area contributed by atoms with E-state index < -0.39 is 52.9 Å². The summed E-state index contributed by atoms with van der Waals surface area (Å²) in [5.41, 5.74) is -2.39. The number of carboxylic acids is 1. The van der Waals surface area contributed by atoms with Crippen molar-refractivity contribution in [2.75, 3.05) is 0 Å². The first-order chi connectivity index (χ1) is 14.4. The van der Waals surface area contributed by atoms with E-state index in [0.29, 0.717) is 4.68 Å². The summed E-state index contributed by atoms with van der Waals surface area (Å²) in [5, 5.41) is 20.8. The van der Waals surface area contributed by atoms with E-state index in [-0.39, 0.29) is 122 Å². The van der Waals surface area contributed by atoms with Gasteiger partial charge in [-0.3, -0.25) is 9.89 Å². The number of rotatable bonds is 6. The number of aromatic carboxylic acids is 1. The van der Waals surface area contributed by atoms with Gasteiger partial charge >= 0.3 is 110 Å². The van der Waals surface area contributed by atoms with Crippen molar-refractivity contribution in [1.82, 2.24) is 9.78 Å². The third kappa shape index (κ3) is 9.39. The van der Waals surface area contributed by atoms with Crippen LogP contribution in [0.15, 0.2) is 73.3 Å². The van der Waals surface area contributed by atoms with Gasteiger partial charge < -0.3 is 19.0 Å². The Morgan fingerprint density at radius 1 is 0.800 bits per heavy atom. The van der Waals surface area contributed by atoms with Gasteiger partial charge in [0.25, 0.3) is 5.56 Å². The Morgan fingerprint density at radius 2 is 1.23 bits per heavy atom. The van der Waals surface area contributed by atoms with Crippen molar-refractivity contribution in [3.8, 4) is 5.69 Å². The van der Waals surface area contributed by atoms with Crippen LogP contribution in [0, 0.1) is 0 Å². The van der Waals surface area contributed by atoms with Crippen molar-refractivity contribution in [3.05, 3.63) is 64.6 Å². The summed E-state index contributed by atoms with van der Waals surface area (Å²) in [4.78, 5) is 22.8. The zero-order valence-corrected chi connectivity index (χ0v) is 27.6. The van der Waals surface area contributed by atoms with Gasteiger partial charge in [0.15, 0.2) is 5.69 Å². The molecule has 0 atom stereocenters. The van der Waals surface area contributed by atoms with Gasteiger partial charge in [0.2, 0.25) is 0 Å². The number of H-pyrrole nitrogens is 1. The summed E-state index contributed by atoms with van der Waals surface area (Å²) in [6.07, 6.45) is 0. The van der Waals surface area contributed by atoms with Gasteiger partial charge in [-0.2, -0.15) is 5.11 Å². The summed E-state index contributed by atoms with van der Waals surface area (Å²) >= 11 is 0. The van der Waals surface area contributed by atoms with Crippen molar-refractivity contribution >= 4 is 37.6 Å². The number of nitrogens with one attached hydrogen (secondary N) is 1. The van der Waals surface area contributed by atoms with Gasteiger partial charge in [-0.25, -0.2) is 21.5 Å². The number of hydrogen-bond acceptors (Lipinski definition) is 11. The second-order valence-electron chi connectivity index (χ2n) is 5.86. The Bertz CT molecular complexity index is 1470. The minimum atomic E-state index is -4.72. The number of benzene rings is 2. The summed E-state index contributed by atoms with van der Waals surface area (Å²) in [6, 6.07) is 8.16. The maximum atomic E-state index is 12.6. The van der Waals surface area contributed by atoms with E-state index in [1.165, 1.54) is 0 Å². The Labute approximate surface area is 280 Å². The van der Waals surface area contributed by atoms with Gasteiger partial charge in [-0.15, -0.1) is 5.11 Å². The number of aromatic nitrogens is 2. The van der Waals surface area contributed by atoms with Crippen molar-refractivity contribution in [3.63, 3.8) is 0 Å². The molecule has 1 N–H and O–H groups in total. The first kappa shape index (κ1) is 37.2. The molecule has 35 heavy (non-hydrogen) atoms. The Balaban J connectivity index is 0. The number of carbonyl (C=O) groups excluding carboxylic acids is 1. The molecule has 0 bridgehead atoms. The van der Waals surface area contributed by atoms with Crippen LogP contribution in [0.1, 0.15) is 10.5 Å². The predicted octanol–water partition coefficient (Wildman–Crippen LogP) is -9.24. The van der Waals surface area contributed by atoms with Crippen molar-refractivity contribution in [1.29, 1.82) is 0 Å². The van der Waals surface area contributed by atoms with Crippen LogP contribution in [-0.4, -0.2) is 41.7 Å². The molecule has 0 unspecified atom stereocenters. The molecule has 0 aliphatic carbocycles. The first-order valence-corrected chi connectivity index (χ1v) is 10.8. The summed E-state index contributed by atoms with van der Waals surface area (Å²) in [5.74, 6) is -1.80. The van der Waals surface area contributed by atoms with Crippen LogP contribution in [0.3, 0.4) is 0 Å². The molecule has 0 aliphatic rings. The molecule has 3 rings (SSSR count). The smallest absolute Gasteiger partial charge is 0.744 e. The fourth-order valence-corrected chi connectivity index (χ4v) is 3.33. The zero-order chi connectivity index (χ0) is 23.0. The normalized spacial score (nSPS) is 10.9. The average Bonchev–Trinajstić information content (AvgIpc) is 3.02. The summed E-state index contributed by atoms with van der Waals surface area (Å²) in [6.45, 7) is 0. The van der Waals surface area contributed by atoms with E-state index in [0.717, 1.165) is 48.5 Å². The number of carboxylic acid groups (broad SMARTS) is 1. The molecule has 0 radical (unpaired) electrons. The Hall–Kier alpha value is 0.0543. The van der Waals surface area contributed by atoms with Crippen LogP contribution in [0.25, 0.3) is 5.69 Å². The second-order valence-corrected chi connectivity index (χ2v) is 8.62. The minimum Gasteiger partial charge on any atom is -0.744 e. The van der Waals surface area contributed by atoms with E-state index in [1.54, 1.807) is 0 Å². The maximum Gasteiger partial charge on any atom is 2.00 e. The monoisotopic (exact) mass is 582 g/mol. The molecule has 13 nitrogen and oxygen atoms in total. The van der Waals surface area contributed by atoms with E-state index in [9.17, 15) is 40.6 Å². The average molecular weight is 582 g/mol. The second kappa shape index (κ2) is 14.9. The minimum absolute atomic E-state index is 0. The van der Waals surface area contributed by atoms with Crippen LogP contribution in [0.5, 0.6) is 0 Å². The predicted molar refractivity (Wildman–Crippen MR) is 97.3 cm³/mol. The van der Waals surface area contributed by atoms with Crippen LogP contribution >= 0.6 is 0 Å². The maximum absolute atomic E-state index is 12.6. The van der Waals surface area contributed by atoms with Crippen molar-refractivity contribution in [2.24, 2.45) is 10.2 Å². The van der Waals surface area contributed by atoms with Crippen LogP contribution in [-0.2, 0) is 42.0 Å². The largest absolute Gasteiger partial charge is 2.00 e. The molecule has 19 heteroatoms. The third-order valence-corrected chi connectivity index (χ3v) is 5.54. The van der Waals surface area contributed by atoms with E-state index in [4.69, 9.17) is 0 Å². The molecule has 0 fully saturated rings. The summed E-state index contributed by atoms with van der Waals surface area (Å²) < 4.78 is 66.5. The molecule has 0 saturated carbocycles. The number of carbonyl (C=O) groups is 1. The fraction of sp³-hybridized carbons (Fsp3) is 0. The van der Waals surface area contributed by atoms with E-state index in [1.807, 2.05) is 0 Å². The third-order valence-electron chi connectivity index (χ3n) is 3.84.